The average Bonchev–Trinajstić information content (AvgIpc) is 3.10. The van der Waals surface area contributed by atoms with Crippen LogP contribution in [0.1, 0.15) is 18.9 Å². The number of anilines is 2. The Hall–Kier alpha value is -3.12. The summed E-state index contributed by atoms with van der Waals surface area (Å²) in [6.07, 6.45) is 3.16. The zero-order valence-corrected chi connectivity index (χ0v) is 16.7. The summed E-state index contributed by atoms with van der Waals surface area (Å²) in [6.45, 7) is 2.40. The Morgan fingerprint density at radius 3 is 2.52 bits per heavy atom. The molecule has 1 heterocycles. The highest BCUT2D eigenvalue weighted by Gasteiger charge is 2.35. The lowest BCUT2D eigenvalue weighted by Gasteiger charge is -2.16. The third kappa shape index (κ3) is 5.45. The van der Waals surface area contributed by atoms with Crippen LogP contribution in [-0.2, 0) is 19.1 Å². The number of carbonyl (C=O) groups is 3. The average molecular weight is 413 g/mol. The summed E-state index contributed by atoms with van der Waals surface area (Å²) >= 11 is 5.89. The number of benzene rings is 2. The monoisotopic (exact) mass is 412 g/mol. The van der Waals surface area contributed by atoms with E-state index in [9.17, 15) is 14.4 Å². The predicted octanol–water partition coefficient (Wildman–Crippen LogP) is 3.91. The van der Waals surface area contributed by atoms with Gasteiger partial charge in [-0.3, -0.25) is 9.59 Å². The predicted molar refractivity (Wildman–Crippen MR) is 113 cm³/mol. The Bertz CT molecular complexity index is 923. The van der Waals surface area contributed by atoms with E-state index < -0.39 is 11.9 Å². The molecule has 6 nitrogen and oxygen atoms in total. The number of carbonyl (C=O) groups excluding carboxylic acids is 3. The van der Waals surface area contributed by atoms with Crippen molar-refractivity contribution < 1.29 is 19.1 Å². The van der Waals surface area contributed by atoms with Crippen molar-refractivity contribution in [3.05, 3.63) is 65.2 Å². The number of nitrogens with one attached hydrogen (secondary N) is 1. The zero-order valence-electron chi connectivity index (χ0n) is 15.9. The lowest BCUT2D eigenvalue weighted by Crippen LogP contribution is -2.28. The lowest BCUT2D eigenvalue weighted by atomic mass is 10.1. The summed E-state index contributed by atoms with van der Waals surface area (Å²) in [4.78, 5) is 37.8. The summed E-state index contributed by atoms with van der Waals surface area (Å²) in [7, 11) is 0. The number of rotatable bonds is 6. The second kappa shape index (κ2) is 9.39. The molecule has 2 aromatic carbocycles. The molecule has 0 aromatic heterocycles. The molecule has 1 aliphatic heterocycles. The molecule has 0 spiro atoms. The fourth-order valence-electron chi connectivity index (χ4n) is 3.03. The summed E-state index contributed by atoms with van der Waals surface area (Å²) < 4.78 is 4.83. The van der Waals surface area contributed by atoms with Gasteiger partial charge in [0.15, 0.2) is 0 Å². The van der Waals surface area contributed by atoms with Crippen molar-refractivity contribution in [1.82, 2.24) is 0 Å². The van der Waals surface area contributed by atoms with E-state index in [4.69, 9.17) is 16.3 Å². The Labute approximate surface area is 174 Å². The van der Waals surface area contributed by atoms with Gasteiger partial charge in [0.25, 0.3) is 0 Å². The van der Waals surface area contributed by atoms with Gasteiger partial charge in [0, 0.05) is 35.4 Å². The van der Waals surface area contributed by atoms with E-state index in [1.54, 1.807) is 66.4 Å². The van der Waals surface area contributed by atoms with E-state index in [-0.39, 0.29) is 18.2 Å². The molecule has 1 unspecified atom stereocenters. The second-order valence-corrected chi connectivity index (χ2v) is 7.01. The van der Waals surface area contributed by atoms with E-state index in [1.807, 2.05) is 0 Å². The van der Waals surface area contributed by atoms with Gasteiger partial charge in [-0.05, 0) is 55.0 Å². The van der Waals surface area contributed by atoms with Crippen LogP contribution in [0.5, 0.6) is 0 Å². The van der Waals surface area contributed by atoms with Crippen LogP contribution in [0.3, 0.4) is 0 Å². The topological polar surface area (TPSA) is 75.7 Å². The molecule has 2 amide bonds. The maximum atomic E-state index is 12.6. The first-order valence-corrected chi connectivity index (χ1v) is 9.65. The number of ether oxygens (including phenoxy) is 1. The van der Waals surface area contributed by atoms with Crippen molar-refractivity contribution >= 4 is 46.8 Å². The van der Waals surface area contributed by atoms with Gasteiger partial charge in [0.05, 0.1) is 12.5 Å². The molecule has 29 heavy (non-hydrogen) atoms. The first-order valence-electron chi connectivity index (χ1n) is 9.28. The van der Waals surface area contributed by atoms with Gasteiger partial charge in [-0.1, -0.05) is 23.7 Å². The quantitative estimate of drug-likeness (QED) is 0.576. The number of halogens is 1. The van der Waals surface area contributed by atoms with Crippen molar-refractivity contribution in [2.24, 2.45) is 5.92 Å². The Morgan fingerprint density at radius 1 is 1.17 bits per heavy atom. The van der Waals surface area contributed by atoms with Crippen LogP contribution < -0.4 is 10.2 Å². The maximum Gasteiger partial charge on any atom is 0.330 e. The van der Waals surface area contributed by atoms with Crippen LogP contribution in [0, 0.1) is 5.92 Å². The lowest BCUT2D eigenvalue weighted by molar-refractivity contribution is -0.137. The van der Waals surface area contributed by atoms with E-state index in [1.165, 1.54) is 6.08 Å². The standard InChI is InChI=1S/C22H21ClN2O4/c1-2-29-21(27)12-5-15-3-8-18(9-4-15)24-22(28)16-13-20(26)25(14-16)19-10-6-17(23)7-11-19/h3-12,16H,2,13-14H2,1H3,(H,24,28). The van der Waals surface area contributed by atoms with Gasteiger partial charge in [-0.2, -0.15) is 0 Å². The van der Waals surface area contributed by atoms with Crippen molar-refractivity contribution in [1.29, 1.82) is 0 Å². The van der Waals surface area contributed by atoms with Gasteiger partial charge >= 0.3 is 5.97 Å². The molecule has 0 aliphatic carbocycles. The minimum atomic E-state index is -0.429. The molecule has 1 aliphatic rings. The summed E-state index contributed by atoms with van der Waals surface area (Å²) in [5.41, 5.74) is 2.16. The number of esters is 1. The van der Waals surface area contributed by atoms with E-state index in [2.05, 4.69) is 5.32 Å². The van der Waals surface area contributed by atoms with Crippen molar-refractivity contribution in [3.63, 3.8) is 0 Å². The molecule has 1 N–H and O–H groups in total. The van der Waals surface area contributed by atoms with Crippen LogP contribution in [0.25, 0.3) is 6.08 Å². The highest BCUT2D eigenvalue weighted by molar-refractivity contribution is 6.30. The molecular weight excluding hydrogens is 392 g/mol. The van der Waals surface area contributed by atoms with Gasteiger partial charge in [-0.15, -0.1) is 0 Å². The minimum absolute atomic E-state index is 0.0908. The van der Waals surface area contributed by atoms with Crippen LogP contribution in [0.15, 0.2) is 54.6 Å². The van der Waals surface area contributed by atoms with E-state index >= 15 is 0 Å². The first kappa shape index (κ1) is 20.6. The normalized spacial score (nSPS) is 16.3. The highest BCUT2D eigenvalue weighted by Crippen LogP contribution is 2.27. The van der Waals surface area contributed by atoms with Gasteiger partial charge in [-0.25, -0.2) is 4.79 Å². The molecule has 0 radical (unpaired) electrons. The van der Waals surface area contributed by atoms with Gasteiger partial charge < -0.3 is 15.0 Å². The van der Waals surface area contributed by atoms with Crippen molar-refractivity contribution in [2.75, 3.05) is 23.4 Å². The SMILES string of the molecule is CCOC(=O)C=Cc1ccc(NC(=O)C2CC(=O)N(c3ccc(Cl)cc3)C2)cc1. The van der Waals surface area contributed by atoms with E-state index in [0.29, 0.717) is 23.9 Å². The van der Waals surface area contributed by atoms with Gasteiger partial charge in [0.1, 0.15) is 0 Å². The first-order chi connectivity index (χ1) is 14.0. The molecule has 1 atom stereocenters. The maximum absolute atomic E-state index is 12.6. The smallest absolute Gasteiger partial charge is 0.330 e. The Kier molecular flexibility index (Phi) is 6.67. The molecule has 0 saturated carbocycles. The van der Waals surface area contributed by atoms with Crippen molar-refractivity contribution in [2.45, 2.75) is 13.3 Å². The molecule has 1 fully saturated rings. The fraction of sp³-hybridized carbons (Fsp3) is 0.227. The largest absolute Gasteiger partial charge is 0.463 e. The Balaban J connectivity index is 1.58. The van der Waals surface area contributed by atoms with Crippen LogP contribution in [0.4, 0.5) is 11.4 Å². The minimum Gasteiger partial charge on any atom is -0.463 e. The highest BCUT2D eigenvalue weighted by atomic mass is 35.5. The molecule has 7 heteroatoms. The third-order valence-corrected chi connectivity index (χ3v) is 4.76. The van der Waals surface area contributed by atoms with Crippen LogP contribution in [-0.4, -0.2) is 30.9 Å². The second-order valence-electron chi connectivity index (χ2n) is 6.58. The molecule has 150 valence electrons. The molecule has 3 rings (SSSR count). The third-order valence-electron chi connectivity index (χ3n) is 4.51. The van der Waals surface area contributed by atoms with E-state index in [0.717, 1.165) is 11.3 Å². The summed E-state index contributed by atoms with van der Waals surface area (Å²) in [5, 5.41) is 3.44. The summed E-state index contributed by atoms with van der Waals surface area (Å²) in [6, 6.07) is 14.0. The van der Waals surface area contributed by atoms with Gasteiger partial charge in [0.2, 0.25) is 11.8 Å². The number of nitrogens with zero attached hydrogens (tertiary/aromatic N) is 1. The van der Waals surface area contributed by atoms with Crippen molar-refractivity contribution in [3.8, 4) is 0 Å². The number of hydrogen-bond acceptors (Lipinski definition) is 4. The molecule has 2 aromatic rings. The molecule has 1 saturated heterocycles. The number of hydrogen-bond donors (Lipinski definition) is 1. The molecule has 0 bridgehead atoms. The van der Waals surface area contributed by atoms with Crippen LogP contribution >= 0.6 is 11.6 Å². The fourth-order valence-corrected chi connectivity index (χ4v) is 3.16. The van der Waals surface area contributed by atoms with Crippen LogP contribution in [0.2, 0.25) is 5.02 Å². The molecular formula is C22H21ClN2O4. The number of amides is 2. The Morgan fingerprint density at radius 2 is 1.86 bits per heavy atom. The zero-order chi connectivity index (χ0) is 20.8. The summed E-state index contributed by atoms with van der Waals surface area (Å²) in [5.74, 6) is -1.13.